The molecule has 8 nitrogen and oxygen atoms in total. The molecule has 0 fully saturated rings. The molecular weight excluding hydrogens is 454 g/mol. The molecular formula is C22H18F2N4O4S. The van der Waals surface area contributed by atoms with Crippen LogP contribution in [0, 0.1) is 11.6 Å². The molecule has 0 saturated carbocycles. The number of methoxy groups -OCH3 is 1. The molecule has 4 rings (SSSR count). The first-order chi connectivity index (χ1) is 15.7. The summed E-state index contributed by atoms with van der Waals surface area (Å²) in [5, 5.41) is 2.68. The van der Waals surface area contributed by atoms with Crippen molar-refractivity contribution >= 4 is 32.7 Å². The van der Waals surface area contributed by atoms with Gasteiger partial charge in [0.1, 0.15) is 28.1 Å². The molecule has 0 aliphatic carbocycles. The van der Waals surface area contributed by atoms with Gasteiger partial charge in [-0.3, -0.25) is 4.79 Å². The zero-order valence-corrected chi connectivity index (χ0v) is 18.3. The number of anilines is 1. The van der Waals surface area contributed by atoms with Gasteiger partial charge in [0.05, 0.1) is 23.7 Å². The number of nitrogens with one attached hydrogen (secondary N) is 3. The molecule has 1 amide bonds. The summed E-state index contributed by atoms with van der Waals surface area (Å²) in [7, 11) is -1.27. The lowest BCUT2D eigenvalue weighted by atomic mass is 10.2. The molecule has 11 heteroatoms. The average Bonchev–Trinajstić information content (AvgIpc) is 3.23. The number of carbonyl (C=O) groups is 1. The van der Waals surface area contributed by atoms with Crippen molar-refractivity contribution in [3.05, 3.63) is 71.8 Å². The molecule has 1 heterocycles. The number of rotatable bonds is 6. The average molecular weight is 472 g/mol. The second-order valence-corrected chi connectivity index (χ2v) is 8.82. The van der Waals surface area contributed by atoms with Gasteiger partial charge in [0.2, 0.25) is 10.0 Å². The maximum atomic E-state index is 14.1. The second-order valence-electron chi connectivity index (χ2n) is 6.97. The summed E-state index contributed by atoms with van der Waals surface area (Å²) in [6, 6.07) is 11.9. The number of nitrogens with zero attached hydrogens (tertiary/aromatic N) is 1. The molecule has 170 valence electrons. The summed E-state index contributed by atoms with van der Waals surface area (Å²) < 4.78 is 59.4. The van der Waals surface area contributed by atoms with Gasteiger partial charge in [0, 0.05) is 11.3 Å². The van der Waals surface area contributed by atoms with E-state index in [0.717, 1.165) is 18.2 Å². The summed E-state index contributed by atoms with van der Waals surface area (Å²) in [5.41, 5.74) is 1.43. The van der Waals surface area contributed by atoms with Gasteiger partial charge < -0.3 is 15.0 Å². The Hall–Kier alpha value is -3.83. The Morgan fingerprint density at radius 3 is 2.58 bits per heavy atom. The van der Waals surface area contributed by atoms with E-state index in [9.17, 15) is 22.0 Å². The fourth-order valence-electron chi connectivity index (χ4n) is 3.24. The molecule has 0 unspecified atom stereocenters. The topological polar surface area (TPSA) is 113 Å². The van der Waals surface area contributed by atoms with Crippen LogP contribution >= 0.6 is 0 Å². The standard InChI is InChI=1S/C22H18F2N4O4S/c1-25-33(30,31)20-9-12(3-8-19(20)32-2)22(29)26-14-5-7-17-18(11-14)28-21(27-17)15-10-13(23)4-6-16(15)24/h3-11,25H,1-2H3,(H,26,29)(H,27,28). The summed E-state index contributed by atoms with van der Waals surface area (Å²) in [4.78, 5) is 19.7. The van der Waals surface area contributed by atoms with Crippen molar-refractivity contribution < 1.29 is 26.7 Å². The minimum atomic E-state index is -3.85. The molecule has 3 aromatic carbocycles. The van der Waals surface area contributed by atoms with Gasteiger partial charge in [-0.25, -0.2) is 26.9 Å². The third-order valence-electron chi connectivity index (χ3n) is 4.91. The van der Waals surface area contributed by atoms with Gasteiger partial charge in [0.15, 0.2) is 0 Å². The number of hydrogen-bond acceptors (Lipinski definition) is 5. The van der Waals surface area contributed by atoms with E-state index in [1.807, 2.05) is 0 Å². The van der Waals surface area contributed by atoms with E-state index >= 15 is 0 Å². The minimum Gasteiger partial charge on any atom is -0.495 e. The normalized spacial score (nSPS) is 11.5. The first kappa shape index (κ1) is 22.4. The first-order valence-corrected chi connectivity index (χ1v) is 11.1. The Labute approximate surface area is 187 Å². The van der Waals surface area contributed by atoms with E-state index in [4.69, 9.17) is 4.74 Å². The lowest BCUT2D eigenvalue weighted by molar-refractivity contribution is 0.102. The van der Waals surface area contributed by atoms with Crippen molar-refractivity contribution in [3.63, 3.8) is 0 Å². The van der Waals surface area contributed by atoms with Crippen LogP contribution in [0.15, 0.2) is 59.5 Å². The predicted octanol–water partition coefficient (Wildman–Crippen LogP) is 3.68. The maximum Gasteiger partial charge on any atom is 0.255 e. The van der Waals surface area contributed by atoms with Crippen LogP contribution in [0.2, 0.25) is 0 Å². The molecule has 0 radical (unpaired) electrons. The zero-order valence-electron chi connectivity index (χ0n) is 17.4. The van der Waals surface area contributed by atoms with Gasteiger partial charge in [0.25, 0.3) is 5.91 Å². The Morgan fingerprint density at radius 2 is 1.85 bits per heavy atom. The Kier molecular flexibility index (Phi) is 5.83. The zero-order chi connectivity index (χ0) is 23.8. The molecule has 0 bridgehead atoms. The van der Waals surface area contributed by atoms with Crippen molar-refractivity contribution in [2.75, 3.05) is 19.5 Å². The van der Waals surface area contributed by atoms with Crippen molar-refractivity contribution in [1.29, 1.82) is 0 Å². The number of amides is 1. The highest BCUT2D eigenvalue weighted by molar-refractivity contribution is 7.89. The molecule has 0 spiro atoms. The Bertz CT molecular complexity index is 1490. The molecule has 0 aliphatic heterocycles. The number of ether oxygens (including phenoxy) is 1. The molecule has 0 aliphatic rings. The van der Waals surface area contributed by atoms with Crippen LogP contribution in [0.25, 0.3) is 22.4 Å². The fourth-order valence-corrected chi connectivity index (χ4v) is 4.15. The smallest absolute Gasteiger partial charge is 0.255 e. The summed E-state index contributed by atoms with van der Waals surface area (Å²) in [5.74, 6) is -1.55. The number of imidazole rings is 1. The van der Waals surface area contributed by atoms with Crippen LogP contribution in [0.3, 0.4) is 0 Å². The van der Waals surface area contributed by atoms with E-state index in [0.29, 0.717) is 16.7 Å². The summed E-state index contributed by atoms with van der Waals surface area (Å²) in [6.45, 7) is 0. The summed E-state index contributed by atoms with van der Waals surface area (Å²) in [6.07, 6.45) is 0. The quantitative estimate of drug-likeness (QED) is 0.396. The van der Waals surface area contributed by atoms with E-state index < -0.39 is 27.6 Å². The van der Waals surface area contributed by atoms with Gasteiger partial charge in [-0.15, -0.1) is 0 Å². The van der Waals surface area contributed by atoms with Crippen molar-refractivity contribution in [1.82, 2.24) is 14.7 Å². The van der Waals surface area contributed by atoms with Gasteiger partial charge in [-0.1, -0.05) is 0 Å². The van der Waals surface area contributed by atoms with Crippen LogP contribution in [-0.4, -0.2) is 38.5 Å². The molecule has 0 saturated heterocycles. The third kappa shape index (κ3) is 4.41. The van der Waals surface area contributed by atoms with Crippen LogP contribution in [-0.2, 0) is 10.0 Å². The number of sulfonamides is 1. The minimum absolute atomic E-state index is 0.0201. The Morgan fingerprint density at radius 1 is 1.06 bits per heavy atom. The number of halogens is 2. The number of hydrogen-bond donors (Lipinski definition) is 3. The third-order valence-corrected chi connectivity index (χ3v) is 6.34. The Balaban J connectivity index is 1.64. The number of benzene rings is 3. The van der Waals surface area contributed by atoms with E-state index in [1.165, 1.54) is 32.4 Å². The van der Waals surface area contributed by atoms with Gasteiger partial charge >= 0.3 is 0 Å². The van der Waals surface area contributed by atoms with E-state index in [-0.39, 0.29) is 27.6 Å². The highest BCUT2D eigenvalue weighted by Crippen LogP contribution is 2.27. The maximum absolute atomic E-state index is 14.1. The van der Waals surface area contributed by atoms with E-state index in [2.05, 4.69) is 20.0 Å². The van der Waals surface area contributed by atoms with Gasteiger partial charge in [-0.2, -0.15) is 0 Å². The number of fused-ring (bicyclic) bond motifs is 1. The second kappa shape index (κ2) is 8.60. The first-order valence-electron chi connectivity index (χ1n) is 9.60. The fraction of sp³-hybridized carbons (Fsp3) is 0.0909. The van der Waals surface area contributed by atoms with E-state index in [1.54, 1.807) is 18.2 Å². The van der Waals surface area contributed by atoms with Crippen LogP contribution in [0.1, 0.15) is 10.4 Å². The predicted molar refractivity (Wildman–Crippen MR) is 119 cm³/mol. The molecule has 3 N–H and O–H groups in total. The lowest BCUT2D eigenvalue weighted by Gasteiger charge is -2.11. The highest BCUT2D eigenvalue weighted by atomic mass is 32.2. The van der Waals surface area contributed by atoms with Crippen molar-refractivity contribution in [2.24, 2.45) is 0 Å². The van der Waals surface area contributed by atoms with Crippen molar-refractivity contribution in [2.45, 2.75) is 4.90 Å². The molecule has 4 aromatic rings. The molecule has 33 heavy (non-hydrogen) atoms. The number of aromatic amines is 1. The lowest BCUT2D eigenvalue weighted by Crippen LogP contribution is -2.20. The molecule has 1 aromatic heterocycles. The highest BCUT2D eigenvalue weighted by Gasteiger charge is 2.20. The monoisotopic (exact) mass is 472 g/mol. The number of H-pyrrole nitrogens is 1. The number of aromatic nitrogens is 2. The van der Waals surface area contributed by atoms with Gasteiger partial charge in [-0.05, 0) is 61.6 Å². The number of carbonyl (C=O) groups excluding carboxylic acids is 1. The summed E-state index contributed by atoms with van der Waals surface area (Å²) >= 11 is 0. The van der Waals surface area contributed by atoms with Crippen LogP contribution in [0.5, 0.6) is 5.75 Å². The SMILES string of the molecule is CNS(=O)(=O)c1cc(C(=O)Nc2ccc3nc(-c4cc(F)ccc4F)[nH]c3c2)ccc1OC. The molecule has 0 atom stereocenters. The van der Waals surface area contributed by atoms with Crippen LogP contribution < -0.4 is 14.8 Å². The van der Waals surface area contributed by atoms with Crippen LogP contribution in [0.4, 0.5) is 14.5 Å². The largest absolute Gasteiger partial charge is 0.495 e. The van der Waals surface area contributed by atoms with Crippen molar-refractivity contribution in [3.8, 4) is 17.1 Å².